The van der Waals surface area contributed by atoms with Crippen LogP contribution in [0.5, 0.6) is 0 Å². The van der Waals surface area contributed by atoms with Crippen LogP contribution in [0.4, 0.5) is 0 Å². The summed E-state index contributed by atoms with van der Waals surface area (Å²) in [6.07, 6.45) is -0.526. The van der Waals surface area contributed by atoms with E-state index >= 15 is 0 Å². The maximum atomic E-state index is 12.3. The highest BCUT2D eigenvalue weighted by molar-refractivity contribution is 7.84. The molecule has 7 nitrogen and oxygen atoms in total. The van der Waals surface area contributed by atoms with E-state index in [1.807, 2.05) is 31.2 Å². The molecule has 0 aliphatic rings. The number of rotatable bonds is 9. The number of benzene rings is 1. The predicted octanol–water partition coefficient (Wildman–Crippen LogP) is 1.94. The van der Waals surface area contributed by atoms with Crippen LogP contribution in [0.2, 0.25) is 0 Å². The number of hydrogen-bond donors (Lipinski definition) is 1. The Kier molecular flexibility index (Phi) is 7.50. The minimum atomic E-state index is -1.39. The molecule has 1 aromatic carbocycles. The van der Waals surface area contributed by atoms with E-state index in [9.17, 15) is 9.00 Å². The van der Waals surface area contributed by atoms with Crippen molar-refractivity contribution in [2.45, 2.75) is 25.9 Å². The van der Waals surface area contributed by atoms with Gasteiger partial charge in [-0.3, -0.25) is 9.00 Å². The van der Waals surface area contributed by atoms with Crippen molar-refractivity contribution in [3.8, 4) is 11.5 Å². The van der Waals surface area contributed by atoms with Crippen LogP contribution in [0.3, 0.4) is 0 Å². The Morgan fingerprint density at radius 2 is 1.88 bits per heavy atom. The first kappa shape index (κ1) is 20.3. The zero-order valence-electron chi connectivity index (χ0n) is 15.4. The van der Waals surface area contributed by atoms with Gasteiger partial charge in [-0.15, -0.1) is 0 Å². The Balaban J connectivity index is 1.93. The average molecular weight is 380 g/mol. The molecule has 0 saturated heterocycles. The molecule has 0 aliphatic carbocycles. The van der Waals surface area contributed by atoms with Gasteiger partial charge in [-0.25, -0.2) is 4.98 Å². The molecule has 1 heterocycles. The number of nitrogens with one attached hydrogen (secondary N) is 1. The number of ether oxygens (including phenoxy) is 2. The van der Waals surface area contributed by atoms with Crippen LogP contribution in [-0.2, 0) is 30.8 Å². The summed E-state index contributed by atoms with van der Waals surface area (Å²) in [4.78, 5) is 16.3. The largest absolute Gasteiger partial charge is 0.441 e. The Morgan fingerprint density at radius 3 is 2.50 bits per heavy atom. The fraction of sp³-hybridized carbons (Fsp3) is 0.444. The highest BCUT2D eigenvalue weighted by Crippen LogP contribution is 2.22. The van der Waals surface area contributed by atoms with Crippen LogP contribution in [0.25, 0.3) is 11.5 Å². The van der Waals surface area contributed by atoms with Crippen LogP contribution in [0, 0.1) is 13.8 Å². The molecule has 0 unspecified atom stereocenters. The summed E-state index contributed by atoms with van der Waals surface area (Å²) in [7, 11) is 1.57. The average Bonchev–Trinajstić information content (AvgIpc) is 2.97. The lowest BCUT2D eigenvalue weighted by atomic mass is 10.1. The second-order valence-corrected chi connectivity index (χ2v) is 7.28. The number of methoxy groups -OCH3 is 2. The van der Waals surface area contributed by atoms with Crippen molar-refractivity contribution in [2.24, 2.45) is 0 Å². The molecule has 2 rings (SSSR count). The number of hydrogen-bond acceptors (Lipinski definition) is 6. The summed E-state index contributed by atoms with van der Waals surface area (Å²) in [5, 5.41) is 2.63. The van der Waals surface area contributed by atoms with Crippen molar-refractivity contribution in [1.82, 2.24) is 10.3 Å². The van der Waals surface area contributed by atoms with Crippen LogP contribution >= 0.6 is 0 Å². The molecule has 0 radical (unpaired) electrons. The van der Waals surface area contributed by atoms with Gasteiger partial charge in [-0.2, -0.15) is 0 Å². The van der Waals surface area contributed by atoms with E-state index in [2.05, 4.69) is 10.3 Å². The third-order valence-corrected chi connectivity index (χ3v) is 4.95. The monoisotopic (exact) mass is 380 g/mol. The summed E-state index contributed by atoms with van der Waals surface area (Å²) in [5.41, 5.74) is 2.60. The number of carbonyl (C=O) groups excluding carboxylic acids is 1. The molecule has 1 aromatic heterocycles. The van der Waals surface area contributed by atoms with E-state index in [0.29, 0.717) is 17.3 Å². The normalized spacial score (nSPS) is 12.3. The molecule has 142 valence electrons. The van der Waals surface area contributed by atoms with Gasteiger partial charge >= 0.3 is 0 Å². The zero-order chi connectivity index (χ0) is 19.1. The maximum absolute atomic E-state index is 12.3. The van der Waals surface area contributed by atoms with E-state index in [1.165, 1.54) is 14.2 Å². The van der Waals surface area contributed by atoms with Crippen molar-refractivity contribution in [3.63, 3.8) is 0 Å². The Morgan fingerprint density at radius 1 is 1.23 bits per heavy atom. The Hall–Kier alpha value is -2.03. The van der Waals surface area contributed by atoms with Crippen molar-refractivity contribution >= 4 is 16.7 Å². The first-order valence-electron chi connectivity index (χ1n) is 8.13. The summed E-state index contributed by atoms with van der Waals surface area (Å²) >= 11 is 0. The van der Waals surface area contributed by atoms with Gasteiger partial charge < -0.3 is 19.2 Å². The molecule has 0 bridgehead atoms. The molecule has 8 heteroatoms. The van der Waals surface area contributed by atoms with Gasteiger partial charge in [-0.05, 0) is 26.0 Å². The quantitative estimate of drug-likeness (QED) is 0.669. The lowest BCUT2D eigenvalue weighted by Crippen LogP contribution is -2.36. The molecule has 0 aliphatic heterocycles. The fourth-order valence-electron chi connectivity index (χ4n) is 2.24. The standard InChI is InChI=1S/C18H24N2O5S/c1-12-5-7-14(8-6-12)18-20-15(13(2)25-18)10-26(22)11-16(21)19-9-17(23-3)24-4/h5-8,17H,9-11H2,1-4H3,(H,19,21)/t26-/m1/s1. The van der Waals surface area contributed by atoms with Gasteiger partial charge in [0.1, 0.15) is 11.5 Å². The van der Waals surface area contributed by atoms with Gasteiger partial charge in [0.2, 0.25) is 11.8 Å². The van der Waals surface area contributed by atoms with E-state index in [4.69, 9.17) is 13.9 Å². The highest BCUT2D eigenvalue weighted by atomic mass is 32.2. The zero-order valence-corrected chi connectivity index (χ0v) is 16.2. The minimum Gasteiger partial charge on any atom is -0.441 e. The van der Waals surface area contributed by atoms with E-state index in [1.54, 1.807) is 6.92 Å². The molecule has 1 N–H and O–H groups in total. The van der Waals surface area contributed by atoms with Crippen LogP contribution < -0.4 is 5.32 Å². The van der Waals surface area contributed by atoms with Crippen LogP contribution in [-0.4, -0.2) is 47.9 Å². The smallest absolute Gasteiger partial charge is 0.232 e. The van der Waals surface area contributed by atoms with Crippen molar-refractivity contribution in [1.29, 1.82) is 0 Å². The van der Waals surface area contributed by atoms with Gasteiger partial charge in [-0.1, -0.05) is 17.7 Å². The molecule has 2 aromatic rings. The lowest BCUT2D eigenvalue weighted by Gasteiger charge is -2.13. The van der Waals surface area contributed by atoms with Gasteiger partial charge in [0, 0.05) is 30.6 Å². The van der Waals surface area contributed by atoms with Crippen molar-refractivity contribution in [3.05, 3.63) is 41.3 Å². The summed E-state index contributed by atoms with van der Waals surface area (Å²) in [6, 6.07) is 7.81. The Labute approximate surface area is 155 Å². The Bertz CT molecular complexity index is 753. The number of carbonyl (C=O) groups is 1. The SMILES string of the molecule is COC(CNC(=O)C[S@](=O)Cc1nc(-c2ccc(C)cc2)oc1C)OC. The second-order valence-electron chi connectivity index (χ2n) is 5.82. The van der Waals surface area contributed by atoms with Gasteiger partial charge in [0.25, 0.3) is 0 Å². The summed E-state index contributed by atoms with van der Waals surface area (Å²) < 4.78 is 27.9. The molecule has 1 amide bonds. The third kappa shape index (κ3) is 5.76. The first-order chi connectivity index (χ1) is 12.4. The number of oxazole rings is 1. The molecular formula is C18H24N2O5S. The number of amides is 1. The van der Waals surface area contributed by atoms with Crippen molar-refractivity contribution in [2.75, 3.05) is 26.5 Å². The van der Waals surface area contributed by atoms with Gasteiger partial charge in [0.05, 0.1) is 18.0 Å². The van der Waals surface area contributed by atoms with Crippen molar-refractivity contribution < 1.29 is 22.9 Å². The topological polar surface area (TPSA) is 90.7 Å². The molecule has 0 fully saturated rings. The van der Waals surface area contributed by atoms with E-state index in [-0.39, 0.29) is 24.0 Å². The van der Waals surface area contributed by atoms with Crippen LogP contribution in [0.1, 0.15) is 17.0 Å². The molecule has 0 saturated carbocycles. The first-order valence-corrected chi connectivity index (χ1v) is 9.62. The molecule has 0 spiro atoms. The maximum Gasteiger partial charge on any atom is 0.232 e. The molecule has 1 atom stereocenters. The minimum absolute atomic E-state index is 0.119. The molecule has 26 heavy (non-hydrogen) atoms. The second kappa shape index (κ2) is 9.61. The lowest BCUT2D eigenvalue weighted by molar-refractivity contribution is -0.125. The third-order valence-electron chi connectivity index (χ3n) is 3.77. The number of aromatic nitrogens is 1. The van der Waals surface area contributed by atoms with E-state index < -0.39 is 17.1 Å². The fourth-order valence-corrected chi connectivity index (χ4v) is 3.31. The number of nitrogens with zero attached hydrogens (tertiary/aromatic N) is 1. The van der Waals surface area contributed by atoms with Crippen LogP contribution in [0.15, 0.2) is 28.7 Å². The van der Waals surface area contributed by atoms with E-state index in [0.717, 1.165) is 11.1 Å². The summed E-state index contributed by atoms with van der Waals surface area (Å²) in [5.74, 6) is 0.802. The van der Waals surface area contributed by atoms with Gasteiger partial charge in [0.15, 0.2) is 6.29 Å². The summed E-state index contributed by atoms with van der Waals surface area (Å²) in [6.45, 7) is 3.98. The predicted molar refractivity (Wildman–Crippen MR) is 98.9 cm³/mol. The number of aryl methyl sites for hydroxylation is 2. The molecular weight excluding hydrogens is 356 g/mol. The highest BCUT2D eigenvalue weighted by Gasteiger charge is 2.16.